The Hall–Kier alpha value is -2.43. The van der Waals surface area contributed by atoms with Gasteiger partial charge in [-0.2, -0.15) is 13.2 Å². The Bertz CT molecular complexity index is 778. The van der Waals surface area contributed by atoms with Gasteiger partial charge >= 0.3 is 6.18 Å². The largest absolute Gasteiger partial charge is 0.453 e. The molecule has 0 bridgehead atoms. The minimum atomic E-state index is -4.61. The molecule has 122 valence electrons. The number of rotatable bonds is 2. The van der Waals surface area contributed by atoms with Crippen molar-refractivity contribution in [2.75, 3.05) is 11.4 Å². The van der Waals surface area contributed by atoms with Gasteiger partial charge in [0, 0.05) is 12.6 Å². The zero-order chi connectivity index (χ0) is 16.8. The van der Waals surface area contributed by atoms with E-state index in [1.54, 1.807) is 4.90 Å². The molecule has 0 saturated heterocycles. The summed E-state index contributed by atoms with van der Waals surface area (Å²) in [4.78, 5) is 19.0. The topological polar surface area (TPSA) is 90.0 Å². The van der Waals surface area contributed by atoms with Crippen molar-refractivity contribution in [2.45, 2.75) is 19.3 Å². The van der Waals surface area contributed by atoms with E-state index < -0.39 is 16.9 Å². The summed E-state index contributed by atoms with van der Waals surface area (Å²) in [5, 5.41) is 14.1. The normalized spacial score (nSPS) is 14.7. The highest BCUT2D eigenvalue weighted by molar-refractivity contribution is 6.33. The van der Waals surface area contributed by atoms with E-state index in [1.165, 1.54) is 4.68 Å². The van der Waals surface area contributed by atoms with Gasteiger partial charge < -0.3 is 4.90 Å². The van der Waals surface area contributed by atoms with Crippen LogP contribution in [-0.2, 0) is 19.3 Å². The molecular formula is C11H8ClF3N6O2. The van der Waals surface area contributed by atoms with E-state index in [0.29, 0.717) is 6.54 Å². The van der Waals surface area contributed by atoms with Crippen LogP contribution < -0.4 is 4.90 Å². The van der Waals surface area contributed by atoms with Gasteiger partial charge in [-0.15, -0.1) is 5.10 Å². The molecule has 0 aliphatic carbocycles. The zero-order valence-corrected chi connectivity index (χ0v) is 12.0. The molecule has 0 spiro atoms. The van der Waals surface area contributed by atoms with E-state index in [2.05, 4.69) is 15.1 Å². The lowest BCUT2D eigenvalue weighted by molar-refractivity contribution is -0.385. The van der Waals surface area contributed by atoms with Crippen molar-refractivity contribution >= 4 is 23.1 Å². The highest BCUT2D eigenvalue weighted by Gasteiger charge is 2.38. The molecule has 0 fully saturated rings. The number of nitro groups is 1. The van der Waals surface area contributed by atoms with Crippen molar-refractivity contribution in [3.8, 4) is 0 Å². The Balaban J connectivity index is 1.87. The number of fused-ring (bicyclic) bond motifs is 1. The second-order valence-corrected chi connectivity index (χ2v) is 5.16. The second-order valence-electron chi connectivity index (χ2n) is 4.75. The molecule has 3 rings (SSSR count). The van der Waals surface area contributed by atoms with Crippen molar-refractivity contribution in [1.29, 1.82) is 0 Å². The summed E-state index contributed by atoms with van der Waals surface area (Å²) in [6.07, 6.45) is -3.57. The molecule has 3 heterocycles. The fraction of sp³-hybridized carbons (Fsp3) is 0.364. The predicted molar refractivity (Wildman–Crippen MR) is 72.0 cm³/mol. The van der Waals surface area contributed by atoms with E-state index in [9.17, 15) is 23.3 Å². The summed E-state index contributed by atoms with van der Waals surface area (Å²) in [7, 11) is 0. The van der Waals surface area contributed by atoms with E-state index in [-0.39, 0.29) is 35.4 Å². The molecule has 12 heteroatoms. The van der Waals surface area contributed by atoms with Crippen LogP contribution in [0.4, 0.5) is 24.7 Å². The smallest absolute Gasteiger partial charge is 0.346 e. The molecule has 0 radical (unpaired) electrons. The first-order valence-electron chi connectivity index (χ1n) is 6.31. The first-order chi connectivity index (χ1) is 10.8. The quantitative estimate of drug-likeness (QED) is 0.611. The first-order valence-corrected chi connectivity index (χ1v) is 6.69. The lowest BCUT2D eigenvalue weighted by Crippen LogP contribution is -2.35. The van der Waals surface area contributed by atoms with Crippen LogP contribution in [0.1, 0.15) is 11.6 Å². The average molecular weight is 349 g/mol. The lowest BCUT2D eigenvalue weighted by Gasteiger charge is -2.28. The van der Waals surface area contributed by atoms with Crippen LogP contribution in [0.25, 0.3) is 0 Å². The molecule has 0 aromatic carbocycles. The maximum atomic E-state index is 12.6. The molecule has 0 saturated carbocycles. The summed E-state index contributed by atoms with van der Waals surface area (Å²) in [6, 6.07) is 1.14. The molecular weight excluding hydrogens is 341 g/mol. The van der Waals surface area contributed by atoms with E-state index in [0.717, 1.165) is 12.3 Å². The molecule has 2 aromatic heterocycles. The van der Waals surface area contributed by atoms with Gasteiger partial charge in [0.05, 0.1) is 23.0 Å². The van der Waals surface area contributed by atoms with Gasteiger partial charge in [0.15, 0.2) is 0 Å². The minimum Gasteiger partial charge on any atom is -0.346 e. The van der Waals surface area contributed by atoms with Crippen LogP contribution in [0.5, 0.6) is 0 Å². The third-order valence-electron chi connectivity index (χ3n) is 3.23. The summed E-state index contributed by atoms with van der Waals surface area (Å²) in [5.41, 5.74) is -0.265. The summed E-state index contributed by atoms with van der Waals surface area (Å²) in [5.74, 6) is -0.822. The minimum absolute atomic E-state index is 0.0214. The maximum Gasteiger partial charge on any atom is 0.453 e. The highest BCUT2D eigenvalue weighted by Crippen LogP contribution is 2.31. The van der Waals surface area contributed by atoms with Gasteiger partial charge in [-0.05, 0) is 0 Å². The summed E-state index contributed by atoms with van der Waals surface area (Å²) >= 11 is 5.98. The number of hydrogen-bond donors (Lipinski definition) is 0. The fourth-order valence-corrected chi connectivity index (χ4v) is 2.47. The zero-order valence-electron chi connectivity index (χ0n) is 11.3. The third-order valence-corrected chi connectivity index (χ3v) is 3.51. The number of halogens is 4. The van der Waals surface area contributed by atoms with E-state index in [4.69, 9.17) is 11.6 Å². The highest BCUT2D eigenvalue weighted by atomic mass is 35.5. The molecule has 0 amide bonds. The second kappa shape index (κ2) is 5.33. The molecule has 2 aromatic rings. The third kappa shape index (κ3) is 2.91. The Morgan fingerprint density at radius 3 is 2.70 bits per heavy atom. The monoisotopic (exact) mass is 348 g/mol. The van der Waals surface area contributed by atoms with Crippen LogP contribution in [0.3, 0.4) is 0 Å². The molecule has 1 aliphatic heterocycles. The van der Waals surface area contributed by atoms with E-state index in [1.807, 2.05) is 0 Å². The number of pyridine rings is 1. The van der Waals surface area contributed by atoms with Crippen molar-refractivity contribution in [3.05, 3.63) is 39.0 Å². The Morgan fingerprint density at radius 2 is 2.09 bits per heavy atom. The van der Waals surface area contributed by atoms with Gasteiger partial charge in [-0.3, -0.25) is 10.1 Å². The lowest BCUT2D eigenvalue weighted by atomic mass is 10.3. The fourth-order valence-electron chi connectivity index (χ4n) is 2.19. The average Bonchev–Trinajstić information content (AvgIpc) is 2.90. The number of aromatic nitrogens is 4. The SMILES string of the molecule is O=[N+]([O-])c1cnc(N2CCn3nc(C(F)(F)F)nc3C2)c(Cl)c1. The molecule has 8 nitrogen and oxygen atoms in total. The number of alkyl halides is 3. The van der Waals surface area contributed by atoms with Crippen molar-refractivity contribution in [3.63, 3.8) is 0 Å². The van der Waals surface area contributed by atoms with Gasteiger partial charge in [-0.25, -0.2) is 14.6 Å². The molecule has 0 atom stereocenters. The number of hydrogen-bond acceptors (Lipinski definition) is 6. The first kappa shape index (κ1) is 15.5. The van der Waals surface area contributed by atoms with Crippen LogP contribution >= 0.6 is 11.6 Å². The number of anilines is 1. The summed E-state index contributed by atoms with van der Waals surface area (Å²) in [6.45, 7) is 0.499. The molecule has 0 N–H and O–H groups in total. The van der Waals surface area contributed by atoms with Crippen LogP contribution in [0.2, 0.25) is 5.02 Å². The van der Waals surface area contributed by atoms with Crippen LogP contribution in [0, 0.1) is 10.1 Å². The van der Waals surface area contributed by atoms with Crippen molar-refractivity contribution in [1.82, 2.24) is 19.7 Å². The van der Waals surface area contributed by atoms with Crippen molar-refractivity contribution in [2.24, 2.45) is 0 Å². The van der Waals surface area contributed by atoms with Crippen molar-refractivity contribution < 1.29 is 18.1 Å². The van der Waals surface area contributed by atoms with Crippen LogP contribution in [-0.4, -0.2) is 31.2 Å². The Labute approximate surface area is 131 Å². The predicted octanol–water partition coefficient (Wildman–Crippen LogP) is 2.27. The standard InChI is InChI=1S/C11H8ClF3N6O2/c12-7-3-6(21(22)23)4-16-9(7)19-1-2-20-8(5-19)17-10(18-20)11(13,14)15/h3-4H,1-2,5H2. The van der Waals surface area contributed by atoms with Crippen LogP contribution in [0.15, 0.2) is 12.3 Å². The maximum absolute atomic E-state index is 12.6. The molecule has 0 unspecified atom stereocenters. The Morgan fingerprint density at radius 1 is 1.35 bits per heavy atom. The number of nitrogens with zero attached hydrogens (tertiary/aromatic N) is 6. The summed E-state index contributed by atoms with van der Waals surface area (Å²) < 4.78 is 39.1. The molecule has 1 aliphatic rings. The van der Waals surface area contributed by atoms with E-state index >= 15 is 0 Å². The van der Waals surface area contributed by atoms with Gasteiger partial charge in [0.1, 0.15) is 17.8 Å². The Kier molecular flexibility index (Phi) is 3.59. The van der Waals surface area contributed by atoms with Gasteiger partial charge in [0.2, 0.25) is 0 Å². The molecule has 23 heavy (non-hydrogen) atoms. The van der Waals surface area contributed by atoms with Gasteiger partial charge in [-0.1, -0.05) is 11.6 Å². The van der Waals surface area contributed by atoms with Gasteiger partial charge in [0.25, 0.3) is 11.5 Å².